The molecule has 0 aromatic rings. The highest BCUT2D eigenvalue weighted by Gasteiger charge is 2.07. The molecule has 0 rings (SSSR count). The van der Waals surface area contributed by atoms with E-state index in [2.05, 4.69) is 19.2 Å². The van der Waals surface area contributed by atoms with Crippen molar-refractivity contribution in [1.29, 1.82) is 0 Å². The van der Waals surface area contributed by atoms with Crippen LogP contribution in [-0.2, 0) is 9.59 Å². The molecule has 0 aliphatic rings. The third-order valence-corrected chi connectivity index (χ3v) is 2.35. The van der Waals surface area contributed by atoms with Crippen molar-refractivity contribution in [3.63, 3.8) is 0 Å². The first-order valence-corrected chi connectivity index (χ1v) is 6.28. The maximum absolute atomic E-state index is 8.63. The molecule has 0 saturated carbocycles. The van der Waals surface area contributed by atoms with Gasteiger partial charge in [-0.25, -0.2) is 0 Å². The molecule has 0 bridgehead atoms. The van der Waals surface area contributed by atoms with Crippen LogP contribution in [0, 0.1) is 0 Å². The molecule has 0 heterocycles. The number of unbranched alkanes of at least 4 members (excludes halogenated alkanes) is 1. The van der Waals surface area contributed by atoms with Crippen molar-refractivity contribution in [2.75, 3.05) is 6.54 Å². The summed E-state index contributed by atoms with van der Waals surface area (Å²) < 4.78 is 0. The summed E-state index contributed by atoms with van der Waals surface area (Å²) in [7, 11) is -1.16. The number of nitrogens with two attached hydrogens (primary N) is 1. The Morgan fingerprint density at radius 2 is 1.78 bits per heavy atom. The lowest BCUT2D eigenvalue weighted by Gasteiger charge is -2.13. The van der Waals surface area contributed by atoms with Gasteiger partial charge in [0.1, 0.15) is 0 Å². The first kappa shape index (κ1) is 19.6. The van der Waals surface area contributed by atoms with Gasteiger partial charge < -0.3 is 21.1 Å². The Kier molecular flexibility index (Phi) is 15.6. The highest BCUT2D eigenvalue weighted by molar-refractivity contribution is 6.40. The summed E-state index contributed by atoms with van der Waals surface area (Å²) in [5, 5.41) is 20.6. The van der Waals surface area contributed by atoms with Crippen molar-refractivity contribution in [2.24, 2.45) is 5.73 Å². The molecule has 5 N–H and O–H groups in total. The lowest BCUT2D eigenvalue weighted by molar-refractivity contribution is -0.191. The minimum absolute atomic E-state index is 0.229. The van der Waals surface area contributed by atoms with E-state index < -0.39 is 7.12 Å². The summed E-state index contributed by atoms with van der Waals surface area (Å²) in [6.07, 6.45) is 4.47. The molecule has 0 aromatic heterocycles. The number of hydrogen-bond donors (Lipinski definition) is 4. The highest BCUT2D eigenvalue weighted by Crippen LogP contribution is 2.05. The Morgan fingerprint density at radius 3 is 2.22 bits per heavy atom. The standard InChI is InChI=1S/C10H25BN2O2.CO2/c1-9(2)13-8-6-10(12)5-3-4-7-11(14)15;2-1-3/h9-10,13-15H,3-8,12H2,1-2H3;/t10-;/m1./s1. The zero-order valence-electron chi connectivity index (χ0n) is 11.3. The van der Waals surface area contributed by atoms with E-state index in [9.17, 15) is 0 Å². The van der Waals surface area contributed by atoms with Gasteiger partial charge in [-0.15, -0.1) is 0 Å². The Hall–Kier alpha value is -0.715. The average Bonchev–Trinajstić information content (AvgIpc) is 2.25. The molecule has 0 amide bonds. The summed E-state index contributed by atoms with van der Waals surface area (Å²) in [6, 6.07) is 0.744. The second-order valence-corrected chi connectivity index (χ2v) is 4.51. The molecule has 1 atom stereocenters. The molecule has 0 saturated heterocycles. The van der Waals surface area contributed by atoms with Crippen LogP contribution in [0.3, 0.4) is 0 Å². The number of carbonyl (C=O) groups excluding carboxylic acids is 2. The second kappa shape index (κ2) is 14.3. The monoisotopic (exact) mass is 260 g/mol. The van der Waals surface area contributed by atoms with Gasteiger partial charge in [0.2, 0.25) is 0 Å². The summed E-state index contributed by atoms with van der Waals surface area (Å²) in [5.41, 5.74) is 5.91. The van der Waals surface area contributed by atoms with Crippen LogP contribution < -0.4 is 11.1 Å². The van der Waals surface area contributed by atoms with Crippen molar-refractivity contribution < 1.29 is 19.6 Å². The maximum atomic E-state index is 8.63. The fourth-order valence-corrected chi connectivity index (χ4v) is 1.44. The zero-order valence-corrected chi connectivity index (χ0v) is 11.3. The van der Waals surface area contributed by atoms with Crippen LogP contribution in [-0.4, -0.2) is 41.9 Å². The van der Waals surface area contributed by atoms with E-state index in [0.717, 1.165) is 32.2 Å². The van der Waals surface area contributed by atoms with Crippen LogP contribution in [0.2, 0.25) is 6.32 Å². The third kappa shape index (κ3) is 20.7. The van der Waals surface area contributed by atoms with Crippen molar-refractivity contribution in [3.8, 4) is 0 Å². The number of nitrogens with one attached hydrogen (secondary N) is 1. The van der Waals surface area contributed by atoms with Gasteiger partial charge in [-0.2, -0.15) is 9.59 Å². The van der Waals surface area contributed by atoms with Crippen LogP contribution >= 0.6 is 0 Å². The number of rotatable bonds is 9. The fourth-order valence-electron chi connectivity index (χ4n) is 1.44. The molecular weight excluding hydrogens is 235 g/mol. The Labute approximate surface area is 109 Å². The number of hydrogen-bond acceptors (Lipinski definition) is 6. The van der Waals surface area contributed by atoms with E-state index >= 15 is 0 Å². The molecular formula is C11H25BN2O4. The van der Waals surface area contributed by atoms with Crippen LogP contribution in [0.15, 0.2) is 0 Å². The van der Waals surface area contributed by atoms with Gasteiger partial charge >= 0.3 is 13.3 Å². The normalized spacial score (nSPS) is 11.4. The molecule has 106 valence electrons. The Morgan fingerprint density at radius 1 is 1.22 bits per heavy atom. The Balaban J connectivity index is 0. The molecule has 0 unspecified atom stereocenters. The van der Waals surface area contributed by atoms with Crippen molar-refractivity contribution in [1.82, 2.24) is 5.32 Å². The van der Waals surface area contributed by atoms with Crippen LogP contribution in [0.1, 0.15) is 39.5 Å². The van der Waals surface area contributed by atoms with E-state index in [-0.39, 0.29) is 12.2 Å². The minimum atomic E-state index is -1.16. The average molecular weight is 260 g/mol. The molecule has 0 aliphatic carbocycles. The van der Waals surface area contributed by atoms with E-state index in [0.29, 0.717) is 12.4 Å². The molecule has 0 aliphatic heterocycles. The van der Waals surface area contributed by atoms with Gasteiger partial charge in [0.15, 0.2) is 0 Å². The van der Waals surface area contributed by atoms with Crippen molar-refractivity contribution >= 4 is 13.3 Å². The van der Waals surface area contributed by atoms with Crippen LogP contribution in [0.25, 0.3) is 0 Å². The predicted octanol–water partition coefficient (Wildman–Crippen LogP) is -0.239. The van der Waals surface area contributed by atoms with Gasteiger partial charge in [-0.05, 0) is 25.7 Å². The summed E-state index contributed by atoms with van der Waals surface area (Å²) >= 11 is 0. The van der Waals surface area contributed by atoms with Crippen molar-refractivity contribution in [3.05, 3.63) is 0 Å². The lowest BCUT2D eigenvalue weighted by atomic mass is 9.83. The molecule has 18 heavy (non-hydrogen) atoms. The largest absolute Gasteiger partial charge is 0.451 e. The molecule has 6 nitrogen and oxygen atoms in total. The van der Waals surface area contributed by atoms with Gasteiger partial charge in [0, 0.05) is 12.1 Å². The van der Waals surface area contributed by atoms with Crippen molar-refractivity contribution in [2.45, 2.75) is 57.9 Å². The lowest BCUT2D eigenvalue weighted by Crippen LogP contribution is -2.30. The summed E-state index contributed by atoms with van der Waals surface area (Å²) in [4.78, 5) is 16.2. The van der Waals surface area contributed by atoms with Gasteiger partial charge in [-0.3, -0.25) is 0 Å². The molecule has 0 fully saturated rings. The van der Waals surface area contributed by atoms with Crippen LogP contribution in [0.5, 0.6) is 0 Å². The third-order valence-electron chi connectivity index (χ3n) is 2.35. The molecule has 0 radical (unpaired) electrons. The van der Waals surface area contributed by atoms with Gasteiger partial charge in [-0.1, -0.05) is 26.7 Å². The zero-order chi connectivity index (χ0) is 14.4. The predicted molar refractivity (Wildman–Crippen MR) is 69.6 cm³/mol. The van der Waals surface area contributed by atoms with E-state index in [1.165, 1.54) is 0 Å². The van der Waals surface area contributed by atoms with Crippen LogP contribution in [0.4, 0.5) is 0 Å². The summed E-state index contributed by atoms with van der Waals surface area (Å²) in [6.45, 7) is 5.20. The minimum Gasteiger partial charge on any atom is -0.427 e. The topological polar surface area (TPSA) is 113 Å². The SMILES string of the molecule is CC(C)NCC[C@H](N)CCCCB(O)O.O=C=O. The molecule has 0 aromatic carbocycles. The molecule has 7 heteroatoms. The first-order chi connectivity index (χ1) is 8.43. The first-order valence-electron chi connectivity index (χ1n) is 6.28. The van der Waals surface area contributed by atoms with E-state index in [1.807, 2.05) is 0 Å². The van der Waals surface area contributed by atoms with E-state index in [4.69, 9.17) is 25.4 Å². The second-order valence-electron chi connectivity index (χ2n) is 4.51. The molecule has 0 spiro atoms. The highest BCUT2D eigenvalue weighted by atomic mass is 16.4. The smallest absolute Gasteiger partial charge is 0.427 e. The Bertz CT molecular complexity index is 209. The maximum Gasteiger partial charge on any atom is 0.451 e. The van der Waals surface area contributed by atoms with Gasteiger partial charge in [0.05, 0.1) is 0 Å². The summed E-state index contributed by atoms with van der Waals surface area (Å²) in [5.74, 6) is 0. The van der Waals surface area contributed by atoms with Gasteiger partial charge in [0.25, 0.3) is 0 Å². The fraction of sp³-hybridized carbons (Fsp3) is 0.909. The quantitative estimate of drug-likeness (QED) is 0.336. The van der Waals surface area contributed by atoms with E-state index in [1.54, 1.807) is 0 Å².